The molecule has 0 spiro atoms. The van der Waals surface area contributed by atoms with Crippen molar-refractivity contribution < 1.29 is 9.53 Å². The number of anilines is 1. The van der Waals surface area contributed by atoms with Crippen molar-refractivity contribution in [2.45, 2.75) is 32.9 Å². The quantitative estimate of drug-likeness (QED) is 0.652. The Labute approximate surface area is 172 Å². The predicted octanol–water partition coefficient (Wildman–Crippen LogP) is 3.39. The number of methoxy groups -OCH3 is 1. The van der Waals surface area contributed by atoms with E-state index in [1.165, 1.54) is 11.3 Å². The van der Waals surface area contributed by atoms with Gasteiger partial charge in [-0.15, -0.1) is 11.3 Å². The van der Waals surface area contributed by atoms with Gasteiger partial charge < -0.3 is 15.0 Å². The lowest BCUT2D eigenvalue weighted by atomic mass is 10.1. The molecule has 0 saturated heterocycles. The van der Waals surface area contributed by atoms with E-state index in [0.29, 0.717) is 38.0 Å². The Bertz CT molecular complexity index is 1100. The number of hydrogen-bond donors (Lipinski definition) is 1. The maximum absolute atomic E-state index is 12.9. The van der Waals surface area contributed by atoms with Crippen molar-refractivity contribution >= 4 is 33.3 Å². The number of aromatic nitrogens is 2. The molecule has 1 aliphatic heterocycles. The molecule has 29 heavy (non-hydrogen) atoms. The van der Waals surface area contributed by atoms with Crippen LogP contribution in [0.2, 0.25) is 0 Å². The number of carbonyl (C=O) groups is 1. The molecule has 0 aliphatic carbocycles. The molecular weight excluding hydrogens is 388 g/mol. The Kier molecular flexibility index (Phi) is 5.64. The monoisotopic (exact) mass is 412 g/mol. The molecule has 2 amide bonds. The average Bonchev–Trinajstić information content (AvgIpc) is 3.08. The highest BCUT2D eigenvalue weighted by atomic mass is 32.1. The van der Waals surface area contributed by atoms with Crippen LogP contribution in [0.1, 0.15) is 22.4 Å². The second-order valence-corrected chi connectivity index (χ2v) is 8.33. The number of aryl methyl sites for hydroxylation is 2. The number of carbonyl (C=O) groups excluding carboxylic acids is 1. The number of benzene rings is 1. The second-order valence-electron chi connectivity index (χ2n) is 7.24. The maximum Gasteiger partial charge on any atom is 0.322 e. The van der Waals surface area contributed by atoms with Gasteiger partial charge in [-0.1, -0.05) is 12.1 Å². The lowest BCUT2D eigenvalue weighted by Crippen LogP contribution is -2.38. The first-order chi connectivity index (χ1) is 14.1. The van der Waals surface area contributed by atoms with E-state index in [9.17, 15) is 9.59 Å². The van der Waals surface area contributed by atoms with Crippen LogP contribution in [-0.4, -0.2) is 40.7 Å². The SMILES string of the molecule is COCCCn1cnc2sc3c(c2c1=O)CCN(C(=O)Nc1cccc(C)c1)C3. The first-order valence-electron chi connectivity index (χ1n) is 9.68. The molecule has 7 nitrogen and oxygen atoms in total. The van der Waals surface area contributed by atoms with Crippen molar-refractivity contribution in [2.75, 3.05) is 25.6 Å². The van der Waals surface area contributed by atoms with Crippen molar-refractivity contribution in [2.24, 2.45) is 0 Å². The van der Waals surface area contributed by atoms with Gasteiger partial charge in [0.1, 0.15) is 4.83 Å². The fraction of sp³-hybridized carbons (Fsp3) is 0.381. The number of rotatable bonds is 5. The van der Waals surface area contributed by atoms with Gasteiger partial charge in [-0.3, -0.25) is 9.36 Å². The van der Waals surface area contributed by atoms with E-state index in [0.717, 1.165) is 32.9 Å². The largest absolute Gasteiger partial charge is 0.385 e. The van der Waals surface area contributed by atoms with Crippen molar-refractivity contribution in [1.29, 1.82) is 0 Å². The Morgan fingerprint density at radius 2 is 2.24 bits per heavy atom. The summed E-state index contributed by atoms with van der Waals surface area (Å²) < 4.78 is 6.73. The normalized spacial score (nSPS) is 13.5. The molecule has 0 unspecified atom stereocenters. The Morgan fingerprint density at radius 1 is 1.38 bits per heavy atom. The molecule has 0 bridgehead atoms. The van der Waals surface area contributed by atoms with Gasteiger partial charge in [0.15, 0.2) is 0 Å². The first kappa shape index (κ1) is 19.6. The van der Waals surface area contributed by atoms with Crippen LogP contribution in [0.3, 0.4) is 0 Å². The summed E-state index contributed by atoms with van der Waals surface area (Å²) in [4.78, 5) is 33.7. The molecule has 2 aromatic heterocycles. The number of fused-ring (bicyclic) bond motifs is 3. The summed E-state index contributed by atoms with van der Waals surface area (Å²) in [6, 6.07) is 7.63. The molecule has 3 aromatic rings. The van der Waals surface area contributed by atoms with Gasteiger partial charge in [0.25, 0.3) is 5.56 Å². The highest BCUT2D eigenvalue weighted by molar-refractivity contribution is 7.18. The standard InChI is InChI=1S/C21H24N4O3S/c1-14-5-3-6-15(11-14)23-21(27)24-9-7-16-17(12-24)29-19-18(16)20(26)25(13-22-19)8-4-10-28-2/h3,5-6,11,13H,4,7-10,12H2,1-2H3,(H,23,27). The van der Waals surface area contributed by atoms with E-state index in [-0.39, 0.29) is 11.6 Å². The summed E-state index contributed by atoms with van der Waals surface area (Å²) in [5, 5.41) is 3.68. The fourth-order valence-electron chi connectivity index (χ4n) is 3.66. The first-order valence-corrected chi connectivity index (χ1v) is 10.5. The van der Waals surface area contributed by atoms with Gasteiger partial charge in [0, 0.05) is 37.4 Å². The van der Waals surface area contributed by atoms with Gasteiger partial charge in [-0.2, -0.15) is 0 Å². The Hall–Kier alpha value is -2.71. The minimum Gasteiger partial charge on any atom is -0.385 e. The topological polar surface area (TPSA) is 76.5 Å². The summed E-state index contributed by atoms with van der Waals surface area (Å²) in [5.41, 5.74) is 2.93. The number of thiophene rings is 1. The molecule has 0 fully saturated rings. The number of urea groups is 1. The van der Waals surface area contributed by atoms with Crippen molar-refractivity contribution in [3.63, 3.8) is 0 Å². The number of amides is 2. The van der Waals surface area contributed by atoms with Crippen LogP contribution in [0.25, 0.3) is 10.2 Å². The van der Waals surface area contributed by atoms with E-state index < -0.39 is 0 Å². The summed E-state index contributed by atoms with van der Waals surface area (Å²) in [6.45, 7) is 4.27. The van der Waals surface area contributed by atoms with Crippen LogP contribution in [0.5, 0.6) is 0 Å². The van der Waals surface area contributed by atoms with E-state index >= 15 is 0 Å². The van der Waals surface area contributed by atoms with Crippen LogP contribution in [-0.2, 0) is 24.2 Å². The maximum atomic E-state index is 12.9. The van der Waals surface area contributed by atoms with Crippen molar-refractivity contribution in [3.8, 4) is 0 Å². The summed E-state index contributed by atoms with van der Waals surface area (Å²) in [5.74, 6) is 0. The van der Waals surface area contributed by atoms with Gasteiger partial charge in [0.05, 0.1) is 18.3 Å². The molecule has 1 N–H and O–H groups in total. The zero-order valence-corrected chi connectivity index (χ0v) is 17.4. The zero-order valence-electron chi connectivity index (χ0n) is 16.6. The molecular formula is C21H24N4O3S. The molecule has 0 radical (unpaired) electrons. The fourth-order valence-corrected chi connectivity index (χ4v) is 4.85. The third-order valence-corrected chi connectivity index (χ3v) is 6.26. The highest BCUT2D eigenvalue weighted by Gasteiger charge is 2.26. The van der Waals surface area contributed by atoms with E-state index in [1.54, 1.807) is 22.9 Å². The van der Waals surface area contributed by atoms with Crippen LogP contribution < -0.4 is 10.9 Å². The third kappa shape index (κ3) is 4.04. The molecule has 152 valence electrons. The Balaban J connectivity index is 1.54. The number of nitrogens with one attached hydrogen (secondary N) is 1. The van der Waals surface area contributed by atoms with Crippen LogP contribution in [0.4, 0.5) is 10.5 Å². The van der Waals surface area contributed by atoms with Crippen LogP contribution in [0, 0.1) is 6.92 Å². The average molecular weight is 413 g/mol. The molecule has 0 atom stereocenters. The molecule has 0 saturated carbocycles. The molecule has 1 aliphatic rings. The van der Waals surface area contributed by atoms with Crippen LogP contribution >= 0.6 is 11.3 Å². The van der Waals surface area contributed by atoms with Gasteiger partial charge in [-0.25, -0.2) is 9.78 Å². The molecule has 3 heterocycles. The van der Waals surface area contributed by atoms with Gasteiger partial charge >= 0.3 is 6.03 Å². The number of nitrogens with zero attached hydrogens (tertiary/aromatic N) is 3. The Morgan fingerprint density at radius 3 is 3.03 bits per heavy atom. The number of ether oxygens (including phenoxy) is 1. The third-order valence-electron chi connectivity index (χ3n) is 5.13. The van der Waals surface area contributed by atoms with E-state index in [1.807, 2.05) is 31.2 Å². The smallest absolute Gasteiger partial charge is 0.322 e. The minimum atomic E-state index is -0.122. The van der Waals surface area contributed by atoms with E-state index in [2.05, 4.69) is 10.3 Å². The van der Waals surface area contributed by atoms with Crippen molar-refractivity contribution in [3.05, 3.63) is 57.0 Å². The lowest BCUT2D eigenvalue weighted by molar-refractivity contribution is 0.190. The van der Waals surface area contributed by atoms with Crippen LogP contribution in [0.15, 0.2) is 35.4 Å². The number of hydrogen-bond acceptors (Lipinski definition) is 5. The molecule has 1 aromatic carbocycles. The zero-order chi connectivity index (χ0) is 20.4. The molecule has 8 heteroatoms. The van der Waals surface area contributed by atoms with Gasteiger partial charge in [0.2, 0.25) is 0 Å². The summed E-state index contributed by atoms with van der Waals surface area (Å²) in [6.07, 6.45) is 3.04. The van der Waals surface area contributed by atoms with Crippen molar-refractivity contribution in [1.82, 2.24) is 14.5 Å². The highest BCUT2D eigenvalue weighted by Crippen LogP contribution is 2.32. The predicted molar refractivity (Wildman–Crippen MR) is 115 cm³/mol. The van der Waals surface area contributed by atoms with Gasteiger partial charge in [-0.05, 0) is 43.0 Å². The summed E-state index contributed by atoms with van der Waals surface area (Å²) >= 11 is 1.51. The second kappa shape index (κ2) is 8.34. The summed E-state index contributed by atoms with van der Waals surface area (Å²) in [7, 11) is 1.65. The van der Waals surface area contributed by atoms with E-state index in [4.69, 9.17) is 4.74 Å². The minimum absolute atomic E-state index is 0.00117. The molecule has 4 rings (SSSR count). The lowest BCUT2D eigenvalue weighted by Gasteiger charge is -2.27.